The summed E-state index contributed by atoms with van der Waals surface area (Å²) in [5.74, 6) is -4.26. The number of carboxylic acids is 2. The van der Waals surface area contributed by atoms with Crippen LogP contribution in [0.25, 0.3) is 0 Å². The maximum Gasteiger partial charge on any atom is 0.326 e. The van der Waals surface area contributed by atoms with Crippen molar-refractivity contribution in [3.63, 3.8) is 0 Å². The van der Waals surface area contributed by atoms with E-state index >= 15 is 0 Å². The van der Waals surface area contributed by atoms with Crippen molar-refractivity contribution in [1.29, 1.82) is 0 Å². The SMILES string of the molecule is CSCCC(NC(=O)C(CCSC)NC(=O)C(CC(=O)O)NC(=O)C(N)CO)C(=O)O. The van der Waals surface area contributed by atoms with E-state index in [2.05, 4.69) is 16.0 Å². The van der Waals surface area contributed by atoms with E-state index in [1.807, 2.05) is 0 Å². The third-order valence-corrected chi connectivity index (χ3v) is 5.30. The summed E-state index contributed by atoms with van der Waals surface area (Å²) < 4.78 is 0. The van der Waals surface area contributed by atoms with Gasteiger partial charge in [0.05, 0.1) is 13.0 Å². The molecule has 0 aromatic carbocycles. The van der Waals surface area contributed by atoms with E-state index in [4.69, 9.17) is 15.9 Å². The van der Waals surface area contributed by atoms with Crippen molar-refractivity contribution in [2.24, 2.45) is 5.73 Å². The van der Waals surface area contributed by atoms with E-state index in [1.54, 1.807) is 12.5 Å². The number of amides is 3. The number of rotatable bonds is 16. The minimum absolute atomic E-state index is 0.150. The highest BCUT2D eigenvalue weighted by Gasteiger charge is 2.31. The monoisotopic (exact) mass is 482 g/mol. The van der Waals surface area contributed by atoms with E-state index < -0.39 is 66.9 Å². The molecular weight excluding hydrogens is 452 g/mol. The van der Waals surface area contributed by atoms with Crippen LogP contribution in [0, 0.1) is 0 Å². The van der Waals surface area contributed by atoms with Gasteiger partial charge >= 0.3 is 11.9 Å². The Morgan fingerprint density at radius 3 is 1.71 bits per heavy atom. The summed E-state index contributed by atoms with van der Waals surface area (Å²) >= 11 is 2.81. The van der Waals surface area contributed by atoms with Crippen molar-refractivity contribution < 1.29 is 39.3 Å². The number of hydrogen-bond acceptors (Lipinski definition) is 9. The van der Waals surface area contributed by atoms with Crippen LogP contribution in [0.5, 0.6) is 0 Å². The second kappa shape index (κ2) is 15.7. The number of aliphatic hydroxyl groups excluding tert-OH is 1. The fraction of sp³-hybridized carbons (Fsp3) is 0.706. The number of hydrogen-bond donors (Lipinski definition) is 7. The number of thioether (sulfide) groups is 2. The van der Waals surface area contributed by atoms with Gasteiger partial charge in [0.1, 0.15) is 24.2 Å². The van der Waals surface area contributed by atoms with Gasteiger partial charge in [0, 0.05) is 0 Å². The molecule has 0 aromatic rings. The van der Waals surface area contributed by atoms with Gasteiger partial charge in [-0.15, -0.1) is 0 Å². The molecule has 0 heterocycles. The molecule has 0 rings (SSSR count). The number of aliphatic carboxylic acids is 2. The molecular formula is C17H30N4O8S2. The van der Waals surface area contributed by atoms with Crippen LogP contribution >= 0.6 is 23.5 Å². The second-order valence-corrected chi connectivity index (χ2v) is 8.44. The highest BCUT2D eigenvalue weighted by molar-refractivity contribution is 7.98. The lowest BCUT2D eigenvalue weighted by atomic mass is 10.1. The Balaban J connectivity index is 5.38. The maximum atomic E-state index is 12.6. The van der Waals surface area contributed by atoms with Gasteiger partial charge in [-0.25, -0.2) is 4.79 Å². The Morgan fingerprint density at radius 1 is 0.806 bits per heavy atom. The Kier molecular flexibility index (Phi) is 14.7. The molecule has 0 spiro atoms. The van der Waals surface area contributed by atoms with Gasteiger partial charge in [-0.2, -0.15) is 23.5 Å². The molecule has 0 saturated carbocycles. The molecule has 3 amide bonds. The van der Waals surface area contributed by atoms with E-state index in [0.717, 1.165) is 0 Å². The molecule has 0 fully saturated rings. The van der Waals surface area contributed by atoms with Gasteiger partial charge in [0.2, 0.25) is 17.7 Å². The summed E-state index contributed by atoms with van der Waals surface area (Å²) in [6.45, 7) is -0.710. The van der Waals surface area contributed by atoms with Crippen LogP contribution in [-0.4, -0.2) is 99.8 Å². The zero-order valence-corrected chi connectivity index (χ0v) is 19.0. The van der Waals surface area contributed by atoms with Crippen LogP contribution in [0.1, 0.15) is 19.3 Å². The third-order valence-electron chi connectivity index (χ3n) is 4.01. The summed E-state index contributed by atoms with van der Waals surface area (Å²) in [4.78, 5) is 59.6. The first-order chi connectivity index (χ1) is 14.6. The molecule has 0 saturated heterocycles. The molecule has 0 aliphatic carbocycles. The van der Waals surface area contributed by atoms with E-state index in [0.29, 0.717) is 11.5 Å². The molecule has 4 unspecified atom stereocenters. The fourth-order valence-corrected chi connectivity index (χ4v) is 3.23. The maximum absolute atomic E-state index is 12.6. The normalized spacial score (nSPS) is 14.6. The highest BCUT2D eigenvalue weighted by atomic mass is 32.2. The summed E-state index contributed by atoms with van der Waals surface area (Å²) in [6.07, 6.45) is 3.12. The van der Waals surface area contributed by atoms with Crippen molar-refractivity contribution >= 4 is 53.2 Å². The first kappa shape index (κ1) is 29.0. The number of carboxylic acid groups (broad SMARTS) is 2. The molecule has 4 atom stereocenters. The Hall–Kier alpha value is -2.03. The number of nitrogens with two attached hydrogens (primary N) is 1. The van der Waals surface area contributed by atoms with E-state index in [1.165, 1.54) is 23.5 Å². The lowest BCUT2D eigenvalue weighted by Crippen LogP contribution is -2.58. The molecule has 0 aliphatic heterocycles. The number of carbonyl (C=O) groups is 5. The zero-order valence-electron chi connectivity index (χ0n) is 17.3. The van der Waals surface area contributed by atoms with Gasteiger partial charge < -0.3 is 37.0 Å². The molecule has 12 nitrogen and oxygen atoms in total. The van der Waals surface area contributed by atoms with Crippen molar-refractivity contribution in [2.75, 3.05) is 30.6 Å². The highest BCUT2D eigenvalue weighted by Crippen LogP contribution is 2.06. The first-order valence-electron chi connectivity index (χ1n) is 9.27. The minimum atomic E-state index is -1.54. The Labute approximate surface area is 188 Å². The summed E-state index contributed by atoms with van der Waals surface area (Å²) in [6, 6.07) is -5.19. The van der Waals surface area contributed by atoms with Crippen LogP contribution in [-0.2, 0) is 24.0 Å². The largest absolute Gasteiger partial charge is 0.481 e. The summed E-state index contributed by atoms with van der Waals surface area (Å²) in [5.41, 5.74) is 5.37. The average Bonchev–Trinajstić information content (AvgIpc) is 2.71. The van der Waals surface area contributed by atoms with Crippen molar-refractivity contribution in [3.8, 4) is 0 Å². The van der Waals surface area contributed by atoms with Crippen molar-refractivity contribution in [1.82, 2.24) is 16.0 Å². The topological polar surface area (TPSA) is 208 Å². The lowest BCUT2D eigenvalue weighted by molar-refractivity contribution is -0.143. The van der Waals surface area contributed by atoms with Gasteiger partial charge in [-0.05, 0) is 36.9 Å². The molecule has 0 aliphatic rings. The third kappa shape index (κ3) is 11.8. The quantitative estimate of drug-likeness (QED) is 0.126. The lowest BCUT2D eigenvalue weighted by Gasteiger charge is -2.24. The smallest absolute Gasteiger partial charge is 0.326 e. The molecule has 0 aromatic heterocycles. The number of aliphatic hydroxyl groups is 1. The molecule has 14 heteroatoms. The van der Waals surface area contributed by atoms with Crippen LogP contribution in [0.15, 0.2) is 0 Å². The molecule has 8 N–H and O–H groups in total. The first-order valence-corrected chi connectivity index (χ1v) is 12.1. The average molecular weight is 483 g/mol. The molecule has 0 bridgehead atoms. The van der Waals surface area contributed by atoms with Gasteiger partial charge in [0.25, 0.3) is 0 Å². The van der Waals surface area contributed by atoms with E-state index in [9.17, 15) is 29.1 Å². The summed E-state index contributed by atoms with van der Waals surface area (Å²) in [5, 5.41) is 34.1. The Bertz CT molecular complexity index is 637. The van der Waals surface area contributed by atoms with Crippen molar-refractivity contribution in [2.45, 2.75) is 43.4 Å². The Morgan fingerprint density at radius 2 is 1.26 bits per heavy atom. The van der Waals surface area contributed by atoms with Crippen LogP contribution in [0.3, 0.4) is 0 Å². The number of nitrogens with one attached hydrogen (secondary N) is 3. The van der Waals surface area contributed by atoms with Crippen LogP contribution < -0.4 is 21.7 Å². The zero-order chi connectivity index (χ0) is 24.0. The number of carbonyl (C=O) groups excluding carboxylic acids is 3. The minimum Gasteiger partial charge on any atom is -0.481 e. The van der Waals surface area contributed by atoms with Gasteiger partial charge in [-0.3, -0.25) is 19.2 Å². The van der Waals surface area contributed by atoms with E-state index in [-0.39, 0.29) is 12.8 Å². The van der Waals surface area contributed by atoms with Crippen molar-refractivity contribution in [3.05, 3.63) is 0 Å². The van der Waals surface area contributed by atoms with Gasteiger partial charge in [0.15, 0.2) is 0 Å². The van der Waals surface area contributed by atoms with Crippen LogP contribution in [0.2, 0.25) is 0 Å². The van der Waals surface area contributed by atoms with Gasteiger partial charge in [-0.1, -0.05) is 0 Å². The molecule has 178 valence electrons. The fourth-order valence-electron chi connectivity index (χ4n) is 2.29. The predicted molar refractivity (Wildman–Crippen MR) is 117 cm³/mol. The summed E-state index contributed by atoms with van der Waals surface area (Å²) in [7, 11) is 0. The predicted octanol–water partition coefficient (Wildman–Crippen LogP) is -2.17. The molecule has 0 radical (unpaired) electrons. The second-order valence-electron chi connectivity index (χ2n) is 6.47. The standard InChI is InChI=1S/C17H30N4O8S2/c1-30-5-3-10(15(26)20-11(17(28)29)4-6-31-2)19-16(27)12(7-13(23)24)21-14(25)9(18)8-22/h9-12,22H,3-8,18H2,1-2H3,(H,19,27)(H,20,26)(H,21,25)(H,23,24)(H,28,29). The molecule has 31 heavy (non-hydrogen) atoms. The van der Waals surface area contributed by atoms with Crippen LogP contribution in [0.4, 0.5) is 0 Å².